The molecule has 1 aromatic heterocycles. The largest absolute Gasteiger partial charge is 0.321 e. The highest BCUT2D eigenvalue weighted by Crippen LogP contribution is 2.41. The summed E-state index contributed by atoms with van der Waals surface area (Å²) in [7, 11) is 0. The van der Waals surface area contributed by atoms with Crippen molar-refractivity contribution in [3.8, 4) is 0 Å². The minimum Gasteiger partial charge on any atom is -0.319 e. The standard InChI is InChI=1S/C46H37FN6O2/c1-32-16-15-23-36(28-32)49-45(55)51-43-44(54)53(41-27-14-12-25-39(41)42(50-43)38-24-11-13-26-40(38)47)30-37-29-52(31-48-37)46(33-17-5-2-6-18-33,34-19-7-3-8-20-34)35-21-9-4-10-22-35/h2-29,31,43H,30H2,1H3,(H2,49,51,55)/t43-/m0/s1. The Labute approximate surface area is 318 Å². The molecule has 55 heavy (non-hydrogen) atoms. The first-order chi connectivity index (χ1) is 26.9. The van der Waals surface area contributed by atoms with Crippen LogP contribution in [0.4, 0.5) is 20.6 Å². The van der Waals surface area contributed by atoms with Gasteiger partial charge in [-0.25, -0.2) is 19.2 Å². The normalized spacial score (nSPS) is 14.1. The molecule has 0 saturated heterocycles. The third-order valence-corrected chi connectivity index (χ3v) is 9.80. The number of halogens is 1. The van der Waals surface area contributed by atoms with Crippen LogP contribution in [0.5, 0.6) is 0 Å². The van der Waals surface area contributed by atoms with Crippen molar-refractivity contribution < 1.29 is 14.0 Å². The molecule has 1 atom stereocenters. The summed E-state index contributed by atoms with van der Waals surface area (Å²) in [6.45, 7) is 1.96. The van der Waals surface area contributed by atoms with E-state index in [1.165, 1.54) is 6.07 Å². The number of benzene rings is 6. The Bertz CT molecular complexity index is 2400. The zero-order valence-electron chi connectivity index (χ0n) is 30.0. The van der Waals surface area contributed by atoms with E-state index >= 15 is 4.39 Å². The number of aliphatic imine (C=N–C) groups is 1. The van der Waals surface area contributed by atoms with Crippen molar-refractivity contribution in [3.63, 3.8) is 0 Å². The van der Waals surface area contributed by atoms with Gasteiger partial charge in [0, 0.05) is 23.0 Å². The molecule has 2 N–H and O–H groups in total. The number of rotatable bonds is 9. The third kappa shape index (κ3) is 6.79. The fraction of sp³-hybridized carbons (Fsp3) is 0.0870. The highest BCUT2D eigenvalue weighted by Gasteiger charge is 2.39. The molecule has 3 amide bonds. The number of urea groups is 1. The van der Waals surface area contributed by atoms with Crippen LogP contribution in [0.25, 0.3) is 0 Å². The van der Waals surface area contributed by atoms with Gasteiger partial charge in [-0.15, -0.1) is 0 Å². The maximum absolute atomic E-state index is 15.5. The first kappa shape index (κ1) is 34.9. The van der Waals surface area contributed by atoms with E-state index in [0.29, 0.717) is 22.6 Å². The minimum absolute atomic E-state index is 0.0368. The third-order valence-electron chi connectivity index (χ3n) is 9.80. The quantitative estimate of drug-likeness (QED) is 0.146. The molecule has 1 aliphatic rings. The summed E-state index contributed by atoms with van der Waals surface area (Å²) in [5.74, 6) is -1.01. The number of carbonyl (C=O) groups excluding carboxylic acids is 2. The van der Waals surface area contributed by atoms with Crippen molar-refractivity contribution in [1.82, 2.24) is 14.9 Å². The van der Waals surface area contributed by atoms with E-state index in [-0.39, 0.29) is 17.8 Å². The number of nitrogens with zero attached hydrogens (tertiary/aromatic N) is 4. The molecule has 0 fully saturated rings. The van der Waals surface area contributed by atoms with Gasteiger partial charge < -0.3 is 20.1 Å². The number of carbonyl (C=O) groups is 2. The Hall–Kier alpha value is -7.13. The molecule has 2 heterocycles. The van der Waals surface area contributed by atoms with E-state index in [1.807, 2.05) is 98.0 Å². The molecule has 270 valence electrons. The van der Waals surface area contributed by atoms with Crippen LogP contribution in [0.1, 0.15) is 39.1 Å². The van der Waals surface area contributed by atoms with Crippen molar-refractivity contribution in [3.05, 3.63) is 221 Å². The number of hydrogen-bond donors (Lipinski definition) is 2. The van der Waals surface area contributed by atoms with Gasteiger partial charge >= 0.3 is 6.03 Å². The summed E-state index contributed by atoms with van der Waals surface area (Å²) in [5, 5.41) is 5.57. The number of anilines is 2. The summed E-state index contributed by atoms with van der Waals surface area (Å²) in [4.78, 5) is 39.4. The molecule has 8 rings (SSSR count). The molecule has 0 spiro atoms. The maximum atomic E-state index is 15.5. The number of fused-ring (bicyclic) bond motifs is 1. The van der Waals surface area contributed by atoms with Gasteiger partial charge in [-0.1, -0.05) is 133 Å². The van der Waals surface area contributed by atoms with Gasteiger partial charge in [0.15, 0.2) is 0 Å². The Morgan fingerprint density at radius 1 is 0.727 bits per heavy atom. The molecule has 7 aromatic rings. The van der Waals surface area contributed by atoms with Crippen molar-refractivity contribution >= 4 is 29.0 Å². The number of aryl methyl sites for hydroxylation is 1. The molecule has 0 aliphatic carbocycles. The molecule has 6 aromatic carbocycles. The Balaban J connectivity index is 1.23. The lowest BCUT2D eigenvalue weighted by atomic mass is 9.77. The first-order valence-corrected chi connectivity index (χ1v) is 18.0. The average Bonchev–Trinajstić information content (AvgIpc) is 3.65. The van der Waals surface area contributed by atoms with Gasteiger partial charge in [-0.3, -0.25) is 4.79 Å². The first-order valence-electron chi connectivity index (χ1n) is 18.0. The van der Waals surface area contributed by atoms with Crippen molar-refractivity contribution in [1.29, 1.82) is 0 Å². The summed E-state index contributed by atoms with van der Waals surface area (Å²) in [6, 6.07) is 51.0. The van der Waals surface area contributed by atoms with Crippen LogP contribution in [-0.4, -0.2) is 33.4 Å². The zero-order chi connectivity index (χ0) is 37.8. The lowest BCUT2D eigenvalue weighted by molar-refractivity contribution is -0.120. The van der Waals surface area contributed by atoms with E-state index in [1.54, 1.807) is 47.6 Å². The molecule has 0 radical (unpaired) electrons. The number of benzodiazepines with no additional fused rings is 1. The molecular weight excluding hydrogens is 688 g/mol. The van der Waals surface area contributed by atoms with Gasteiger partial charge in [0.25, 0.3) is 5.91 Å². The SMILES string of the molecule is Cc1cccc(NC(=O)N[C@@H]2N=C(c3ccccc3F)c3ccccc3N(Cc3cn(C(c4ccccc4)(c4ccccc4)c4ccccc4)cn3)C2=O)c1. The van der Waals surface area contributed by atoms with Crippen molar-refractivity contribution in [2.24, 2.45) is 4.99 Å². The highest BCUT2D eigenvalue weighted by atomic mass is 19.1. The van der Waals surface area contributed by atoms with E-state index in [9.17, 15) is 9.59 Å². The second-order valence-electron chi connectivity index (χ2n) is 13.4. The molecule has 0 bridgehead atoms. The van der Waals surface area contributed by atoms with Crippen molar-refractivity contribution in [2.45, 2.75) is 25.2 Å². The summed E-state index contributed by atoms with van der Waals surface area (Å²) < 4.78 is 17.6. The number of imidazole rings is 1. The van der Waals surface area contributed by atoms with E-state index in [2.05, 4.69) is 51.6 Å². The van der Waals surface area contributed by atoms with Crippen LogP contribution < -0.4 is 15.5 Å². The summed E-state index contributed by atoms with van der Waals surface area (Å²) in [6.07, 6.45) is 2.35. The van der Waals surface area contributed by atoms with Crippen molar-refractivity contribution in [2.75, 3.05) is 10.2 Å². The molecular formula is C46H37FN6O2. The fourth-order valence-electron chi connectivity index (χ4n) is 7.34. The second kappa shape index (κ2) is 15.1. The summed E-state index contributed by atoms with van der Waals surface area (Å²) in [5.41, 5.74) is 5.87. The minimum atomic E-state index is -1.40. The highest BCUT2D eigenvalue weighted by molar-refractivity contribution is 6.20. The zero-order valence-corrected chi connectivity index (χ0v) is 30.0. The van der Waals surface area contributed by atoms with Crippen LogP contribution in [-0.2, 0) is 16.9 Å². The molecule has 1 aliphatic heterocycles. The van der Waals surface area contributed by atoms with Crippen LogP contribution in [0.2, 0.25) is 0 Å². The lowest BCUT2D eigenvalue weighted by Crippen LogP contribution is -2.48. The Morgan fingerprint density at radius 2 is 1.31 bits per heavy atom. The van der Waals surface area contributed by atoms with E-state index in [4.69, 9.17) is 9.98 Å². The number of para-hydroxylation sites is 1. The fourth-order valence-corrected chi connectivity index (χ4v) is 7.34. The van der Waals surface area contributed by atoms with Crippen LogP contribution in [0, 0.1) is 12.7 Å². The van der Waals surface area contributed by atoms with Gasteiger partial charge in [-0.05, 0) is 59.5 Å². The monoisotopic (exact) mass is 724 g/mol. The van der Waals surface area contributed by atoms with E-state index < -0.39 is 29.5 Å². The number of amides is 3. The topological polar surface area (TPSA) is 91.6 Å². The molecule has 8 nitrogen and oxygen atoms in total. The van der Waals surface area contributed by atoms with Gasteiger partial charge in [0.05, 0.1) is 30.0 Å². The second-order valence-corrected chi connectivity index (χ2v) is 13.4. The predicted molar refractivity (Wildman–Crippen MR) is 214 cm³/mol. The van der Waals surface area contributed by atoms with Gasteiger partial charge in [-0.2, -0.15) is 0 Å². The Kier molecular flexibility index (Phi) is 9.58. The van der Waals surface area contributed by atoms with Crippen LogP contribution >= 0.6 is 0 Å². The number of hydrogen-bond acceptors (Lipinski definition) is 4. The molecule has 9 heteroatoms. The van der Waals surface area contributed by atoms with Crippen LogP contribution in [0.3, 0.4) is 0 Å². The molecule has 0 unspecified atom stereocenters. The number of aromatic nitrogens is 2. The maximum Gasteiger partial charge on any atom is 0.321 e. The molecule has 0 saturated carbocycles. The summed E-state index contributed by atoms with van der Waals surface area (Å²) >= 11 is 0. The smallest absolute Gasteiger partial charge is 0.319 e. The lowest BCUT2D eigenvalue weighted by Gasteiger charge is -2.37. The van der Waals surface area contributed by atoms with Gasteiger partial charge in [0.2, 0.25) is 6.17 Å². The predicted octanol–water partition coefficient (Wildman–Crippen LogP) is 8.70. The van der Waals surface area contributed by atoms with Crippen LogP contribution in [0.15, 0.2) is 181 Å². The van der Waals surface area contributed by atoms with E-state index in [0.717, 1.165) is 22.3 Å². The van der Waals surface area contributed by atoms with Gasteiger partial charge in [0.1, 0.15) is 11.4 Å². The number of nitrogens with one attached hydrogen (secondary N) is 2. The average molecular weight is 725 g/mol. The Morgan fingerprint density at radius 3 is 1.93 bits per heavy atom.